The van der Waals surface area contributed by atoms with E-state index >= 15 is 0 Å². The first-order chi connectivity index (χ1) is 59.9. The molecular weight excluding hydrogens is 1640 g/mol. The van der Waals surface area contributed by atoms with Crippen LogP contribution < -0.4 is 97.8 Å². The van der Waals surface area contributed by atoms with Crippen LogP contribution in [-0.4, -0.2) is 279 Å². The smallest absolute Gasteiger partial charge is 0.305 e. The van der Waals surface area contributed by atoms with E-state index in [2.05, 4.69) is 69.1 Å². The third-order valence-corrected chi connectivity index (χ3v) is 21.6. The predicted molar refractivity (Wildman–Crippen MR) is 460 cm³/mol. The third kappa shape index (κ3) is 35.5. The van der Waals surface area contributed by atoms with Gasteiger partial charge in [-0.15, -0.1) is 0 Å². The molecule has 0 bridgehead atoms. The van der Waals surface area contributed by atoms with Gasteiger partial charge in [0.2, 0.25) is 88.6 Å². The van der Waals surface area contributed by atoms with Crippen LogP contribution in [0.2, 0.25) is 0 Å². The number of nitrogens with two attached hydrogens (primary N) is 5. The van der Waals surface area contributed by atoms with Crippen molar-refractivity contribution in [1.29, 1.82) is 10.8 Å². The molecule has 0 unspecified atom stereocenters. The molecule has 28 N–H and O–H groups in total. The topological polar surface area (TPSA) is 695 Å². The van der Waals surface area contributed by atoms with Crippen molar-refractivity contribution >= 4 is 112 Å². The van der Waals surface area contributed by atoms with E-state index < -0.39 is 205 Å². The van der Waals surface area contributed by atoms with E-state index in [1.165, 1.54) is 16.7 Å². The number of carboxylic acid groups (broad SMARTS) is 2. The van der Waals surface area contributed by atoms with Gasteiger partial charge in [0.05, 0.1) is 13.0 Å². The number of hydrogen-bond acceptors (Lipinski definition) is 22. The number of aliphatic carboxylic acids is 2. The summed E-state index contributed by atoms with van der Waals surface area (Å²) in [7, 11) is 0. The van der Waals surface area contributed by atoms with Crippen molar-refractivity contribution in [3.05, 3.63) is 71.8 Å². The number of carbonyl (C=O) groups is 17. The molecule has 0 aromatic heterocycles. The molecule has 15 amide bonds. The van der Waals surface area contributed by atoms with Crippen LogP contribution in [0, 0.1) is 22.7 Å². The zero-order valence-electron chi connectivity index (χ0n) is 72.4. The van der Waals surface area contributed by atoms with Crippen LogP contribution in [0.25, 0.3) is 0 Å². The molecule has 3 heterocycles. The Hall–Kier alpha value is -12.2. The molecule has 3 aliphatic heterocycles. The fourth-order valence-corrected chi connectivity index (χ4v) is 15.2. The Balaban J connectivity index is 1.36. The number of carbonyl (C=O) groups excluding carboxylic acids is 15. The summed E-state index contributed by atoms with van der Waals surface area (Å²) in [5, 5.41) is 79.3. The maximum atomic E-state index is 15.0. The number of carboxylic acids is 2. The van der Waals surface area contributed by atoms with Gasteiger partial charge in [0.15, 0.2) is 11.9 Å². The molecule has 14 atom stereocenters. The van der Waals surface area contributed by atoms with E-state index in [0.717, 1.165) is 4.90 Å². The highest BCUT2D eigenvalue weighted by atomic mass is 16.4. The SMILES string of the molecule is CC(=O)N[C@@H](CCCNC(=N)N)C(=O)N[C@@H](CC(C)C)C(=O)N[C@@H](CCCNC(=N)N)C(=O)N[C@@H](CCCCN)C(=O)N[C@@H](CC(C)C)C(=O)N1CCC[C@H]1C(=O)N[C@@H](CC(=O)O)C(=O)N[C@@H](CO)C(=O)N[C@@H](Cc1ccccc1)C(=O)N[C@@H](Cc1ccccc1)C(=O)N[C@@H](CCCCN)C(=O)N1CCC[C@H]1C(=O)N1CCC[C@H]1C(=O)N[C@@H](CCC(=O)O)C(N)=O. The number of amides is 15. The summed E-state index contributed by atoms with van der Waals surface area (Å²) in [4.78, 5) is 241. The lowest BCUT2D eigenvalue weighted by Crippen LogP contribution is -2.61. The van der Waals surface area contributed by atoms with Gasteiger partial charge in [-0.1, -0.05) is 88.4 Å². The number of nitrogens with one attached hydrogen (secondary N) is 15. The van der Waals surface area contributed by atoms with E-state index in [1.54, 1.807) is 88.4 Å². The minimum absolute atomic E-state index is 0.0106. The molecule has 126 heavy (non-hydrogen) atoms. The number of nitrogens with zero attached hydrogens (tertiary/aromatic N) is 3. The zero-order valence-corrected chi connectivity index (χ0v) is 72.4. The summed E-state index contributed by atoms with van der Waals surface area (Å²) < 4.78 is 0. The fraction of sp³-hybridized carbons (Fsp3) is 0.627. The largest absolute Gasteiger partial charge is 0.481 e. The molecule has 2 aromatic rings. The Labute approximate surface area is 732 Å². The van der Waals surface area contributed by atoms with Gasteiger partial charge in [0.1, 0.15) is 84.6 Å². The molecule has 43 nitrogen and oxygen atoms in total. The van der Waals surface area contributed by atoms with Crippen molar-refractivity contribution in [3.8, 4) is 0 Å². The Morgan fingerprint density at radius 1 is 0.405 bits per heavy atom. The van der Waals surface area contributed by atoms with Gasteiger partial charge in [0.25, 0.3) is 0 Å². The number of benzene rings is 2. The minimum atomic E-state index is -2.00. The summed E-state index contributed by atoms with van der Waals surface area (Å²) in [6.45, 7) is 7.90. The van der Waals surface area contributed by atoms with Crippen LogP contribution in [0.15, 0.2) is 60.7 Å². The van der Waals surface area contributed by atoms with Gasteiger partial charge in [-0.2, -0.15) is 0 Å². The zero-order chi connectivity index (χ0) is 93.3. The van der Waals surface area contributed by atoms with Crippen LogP contribution in [0.3, 0.4) is 0 Å². The lowest BCUT2D eigenvalue weighted by molar-refractivity contribution is -0.148. The Morgan fingerprint density at radius 2 is 0.762 bits per heavy atom. The highest BCUT2D eigenvalue weighted by Crippen LogP contribution is 2.28. The number of likely N-dealkylation sites (tertiary alicyclic amines) is 3. The molecule has 0 aliphatic carbocycles. The molecule has 5 rings (SSSR count). The summed E-state index contributed by atoms with van der Waals surface area (Å²) in [5.41, 5.74) is 29.2. The molecule has 698 valence electrons. The number of aliphatic hydroxyl groups excluding tert-OH is 1. The number of rotatable bonds is 55. The van der Waals surface area contributed by atoms with Gasteiger partial charge in [-0.05, 0) is 158 Å². The lowest BCUT2D eigenvalue weighted by Gasteiger charge is -2.33. The Morgan fingerprint density at radius 3 is 1.21 bits per heavy atom. The van der Waals surface area contributed by atoms with Crippen molar-refractivity contribution < 1.29 is 96.8 Å². The van der Waals surface area contributed by atoms with E-state index in [9.17, 15) is 96.8 Å². The summed E-state index contributed by atoms with van der Waals surface area (Å²) in [6, 6.07) is -3.24. The third-order valence-electron chi connectivity index (χ3n) is 21.6. The Kier molecular flexibility index (Phi) is 44.7. The van der Waals surface area contributed by atoms with Gasteiger partial charge in [-0.25, -0.2) is 0 Å². The van der Waals surface area contributed by atoms with Gasteiger partial charge in [0, 0.05) is 58.9 Å². The molecule has 0 radical (unpaired) electrons. The van der Waals surface area contributed by atoms with Crippen LogP contribution in [-0.2, 0) is 94.3 Å². The summed E-state index contributed by atoms with van der Waals surface area (Å²) in [6.07, 6.45) is 0.675. The average molecular weight is 1770 g/mol. The van der Waals surface area contributed by atoms with Crippen LogP contribution in [0.1, 0.15) is 181 Å². The van der Waals surface area contributed by atoms with E-state index in [4.69, 9.17) is 39.5 Å². The number of hydrogen-bond donors (Lipinski definition) is 23. The molecule has 3 saturated heterocycles. The normalized spacial score (nSPS) is 17.4. The van der Waals surface area contributed by atoms with Crippen molar-refractivity contribution in [2.75, 3.05) is 52.4 Å². The molecule has 2 aromatic carbocycles. The second kappa shape index (κ2) is 53.9. The number of guanidine groups is 2. The van der Waals surface area contributed by atoms with Crippen molar-refractivity contribution in [1.82, 2.24) is 83.8 Å². The monoisotopic (exact) mass is 1770 g/mol. The molecular formula is C83H131N23O20. The summed E-state index contributed by atoms with van der Waals surface area (Å²) >= 11 is 0. The Bertz CT molecular complexity index is 4050. The van der Waals surface area contributed by atoms with Gasteiger partial charge >= 0.3 is 11.9 Å². The van der Waals surface area contributed by atoms with Crippen LogP contribution in [0.4, 0.5) is 0 Å². The van der Waals surface area contributed by atoms with Crippen LogP contribution >= 0.6 is 0 Å². The molecule has 0 spiro atoms. The molecule has 3 fully saturated rings. The first-order valence-electron chi connectivity index (χ1n) is 43.1. The maximum Gasteiger partial charge on any atom is 0.305 e. The van der Waals surface area contributed by atoms with E-state index in [1.807, 2.05) is 0 Å². The number of unbranched alkanes of at least 4 members (excludes halogenated alkanes) is 2. The predicted octanol–water partition coefficient (Wildman–Crippen LogP) is -4.51. The highest BCUT2D eigenvalue weighted by molar-refractivity contribution is 6.01. The first kappa shape index (κ1) is 104. The fourth-order valence-electron chi connectivity index (χ4n) is 15.2. The molecule has 0 saturated carbocycles. The van der Waals surface area contributed by atoms with Crippen molar-refractivity contribution in [3.63, 3.8) is 0 Å². The summed E-state index contributed by atoms with van der Waals surface area (Å²) in [5.74, 6) is -16.9. The quantitative estimate of drug-likeness (QED) is 0.0169. The lowest BCUT2D eigenvalue weighted by atomic mass is 10.00. The van der Waals surface area contributed by atoms with E-state index in [-0.39, 0.29) is 172 Å². The van der Waals surface area contributed by atoms with Gasteiger partial charge in [-0.3, -0.25) is 92.3 Å². The maximum absolute atomic E-state index is 15.0. The van der Waals surface area contributed by atoms with Crippen molar-refractivity contribution in [2.45, 2.75) is 267 Å². The first-order valence-corrected chi connectivity index (χ1v) is 43.1. The van der Waals surface area contributed by atoms with Crippen LogP contribution in [0.5, 0.6) is 0 Å². The average Bonchev–Trinajstić information content (AvgIpc) is 1.64. The second-order valence-electron chi connectivity index (χ2n) is 32.7. The van der Waals surface area contributed by atoms with Crippen molar-refractivity contribution in [2.24, 2.45) is 40.5 Å². The van der Waals surface area contributed by atoms with Gasteiger partial charge < -0.3 is 128 Å². The van der Waals surface area contributed by atoms with E-state index in [0.29, 0.717) is 43.2 Å². The minimum Gasteiger partial charge on any atom is -0.481 e. The standard InChI is InChI=1S/C83H131N23O20/c1-47(2)41-57(98-69(114)53(93-49(5)108)27-16-36-91-82(87)88)72(117)96-55(28-17-37-92-83(89)90)70(115)95-54(25-12-14-34-84)71(116)102-61(42-48(3)4)80(125)104-38-18-29-63(104)78(123)101-60(45-67(111)112)75(120)103-62(46-107)76(121)100-59(44-51-23-10-7-11-24-51)74(119)99-58(43-50-21-8-6-9-22-50)73(118)97-56(26-13-15-35-85)79(124)106-40-20-31-65(106)81(126)105-39-19-30-64(105)77(122)94-52(68(86)113)32-33-66(109)110/h6-11,21-24,47-48,52-65,107H,12-20,25-46,84-85H2,1-5H3,(H2,86,113)(H,93,108)(H,94,122)(H,95,115)(H,96,117)(H,97,118)(H,98,114)(H,99,119)(H,100,121)(H,101,123)(H,102,116)(H,103,120)(H,109,110)(H,111,112)(H4,87,88,91)(H4,89,90,92)/t52-,53-,54-,55-,56-,57-,58-,59-,60-,61-,62-,63-,64-,65-/m0/s1. The second-order valence-corrected chi connectivity index (χ2v) is 32.7. The molecule has 43 heteroatoms. The molecule has 3 aliphatic rings. The number of primary amides is 1. The highest BCUT2D eigenvalue weighted by Gasteiger charge is 2.46. The number of aliphatic hydroxyl groups is 1.